The predicted octanol–water partition coefficient (Wildman–Crippen LogP) is 3.46. The molecule has 2 unspecified atom stereocenters. The number of anilines is 1. The highest BCUT2D eigenvalue weighted by Gasteiger charge is 2.51. The number of nitrogens with zero attached hydrogens (tertiary/aromatic N) is 4. The molecule has 134 valence electrons. The van der Waals surface area contributed by atoms with Gasteiger partial charge < -0.3 is 14.2 Å². The highest BCUT2D eigenvalue weighted by molar-refractivity contribution is 6.31. The lowest BCUT2D eigenvalue weighted by Crippen LogP contribution is -2.48. The summed E-state index contributed by atoms with van der Waals surface area (Å²) in [5.41, 5.74) is 3.27. The van der Waals surface area contributed by atoms with Gasteiger partial charge in [-0.1, -0.05) is 11.6 Å². The molecule has 1 aromatic carbocycles. The zero-order chi connectivity index (χ0) is 18.5. The van der Waals surface area contributed by atoms with Crippen LogP contribution in [-0.4, -0.2) is 41.0 Å². The van der Waals surface area contributed by atoms with Crippen molar-refractivity contribution in [3.63, 3.8) is 0 Å². The second-order valence-corrected chi connectivity index (χ2v) is 7.30. The number of nitriles is 1. The van der Waals surface area contributed by atoms with Crippen molar-refractivity contribution >= 4 is 34.3 Å². The Labute approximate surface area is 160 Å². The van der Waals surface area contributed by atoms with Crippen LogP contribution >= 0.6 is 11.6 Å². The minimum absolute atomic E-state index is 0.0201. The second-order valence-electron chi connectivity index (χ2n) is 6.87. The molecular weight excluding hydrogens is 364 g/mol. The van der Waals surface area contributed by atoms with E-state index in [0.717, 1.165) is 12.1 Å². The lowest BCUT2D eigenvalue weighted by atomic mass is 10.1. The van der Waals surface area contributed by atoms with Crippen LogP contribution < -0.4 is 4.90 Å². The molecule has 7 heteroatoms. The second kappa shape index (κ2) is 6.00. The largest absolute Gasteiger partial charge is 0.462 e. The van der Waals surface area contributed by atoms with E-state index in [1.165, 1.54) is 0 Å². The number of amides is 1. The third-order valence-electron chi connectivity index (χ3n) is 5.28. The molecule has 6 nitrogen and oxygen atoms in total. The van der Waals surface area contributed by atoms with Gasteiger partial charge in [-0.3, -0.25) is 9.78 Å². The molecule has 3 heterocycles. The first-order chi connectivity index (χ1) is 13.2. The SMILES string of the molecule is N#Cc1cc(Cl)cc(N2CCN(C(=O)c3ccnc4ccoc34)C3CC32)c1. The Bertz CT molecular complexity index is 1100. The molecule has 2 atom stereocenters. The lowest BCUT2D eigenvalue weighted by molar-refractivity contribution is 0.0730. The van der Waals surface area contributed by atoms with Crippen LogP contribution in [0.25, 0.3) is 11.1 Å². The first kappa shape index (κ1) is 16.2. The summed E-state index contributed by atoms with van der Waals surface area (Å²) in [7, 11) is 0. The lowest BCUT2D eigenvalue weighted by Gasteiger charge is -2.35. The van der Waals surface area contributed by atoms with Crippen LogP contribution in [0.1, 0.15) is 22.3 Å². The molecule has 1 saturated carbocycles. The number of fused-ring (bicyclic) bond motifs is 2. The first-order valence-corrected chi connectivity index (χ1v) is 9.14. The third-order valence-corrected chi connectivity index (χ3v) is 5.50. The molecule has 27 heavy (non-hydrogen) atoms. The number of carbonyl (C=O) groups excluding carboxylic acids is 1. The van der Waals surface area contributed by atoms with Gasteiger partial charge in [-0.05, 0) is 30.7 Å². The molecule has 2 aromatic heterocycles. The summed E-state index contributed by atoms with van der Waals surface area (Å²) >= 11 is 6.15. The Morgan fingerprint density at radius 3 is 3.00 bits per heavy atom. The number of carbonyl (C=O) groups is 1. The monoisotopic (exact) mass is 378 g/mol. The molecule has 1 aliphatic heterocycles. The number of halogens is 1. The molecule has 1 saturated heterocycles. The summed E-state index contributed by atoms with van der Waals surface area (Å²) in [6.07, 6.45) is 4.10. The van der Waals surface area contributed by atoms with Crippen molar-refractivity contribution < 1.29 is 9.21 Å². The molecule has 2 aliphatic rings. The summed E-state index contributed by atoms with van der Waals surface area (Å²) in [6, 6.07) is 11.4. The average molecular weight is 379 g/mol. The molecule has 2 fully saturated rings. The van der Waals surface area contributed by atoms with Crippen molar-refractivity contribution in [1.82, 2.24) is 9.88 Å². The van der Waals surface area contributed by atoms with E-state index in [0.29, 0.717) is 40.3 Å². The summed E-state index contributed by atoms with van der Waals surface area (Å²) in [6.45, 7) is 1.31. The van der Waals surface area contributed by atoms with E-state index in [2.05, 4.69) is 16.0 Å². The zero-order valence-electron chi connectivity index (χ0n) is 14.3. The fraction of sp³-hybridized carbons (Fsp3) is 0.250. The van der Waals surface area contributed by atoms with Crippen molar-refractivity contribution in [2.45, 2.75) is 18.5 Å². The van der Waals surface area contributed by atoms with E-state index in [-0.39, 0.29) is 18.0 Å². The van der Waals surface area contributed by atoms with E-state index in [4.69, 9.17) is 16.0 Å². The minimum Gasteiger partial charge on any atom is -0.462 e. The predicted molar refractivity (Wildman–Crippen MR) is 101 cm³/mol. The van der Waals surface area contributed by atoms with Gasteiger partial charge in [-0.2, -0.15) is 5.26 Å². The Kier molecular flexibility index (Phi) is 3.59. The van der Waals surface area contributed by atoms with Gasteiger partial charge in [0.1, 0.15) is 5.52 Å². The van der Waals surface area contributed by atoms with Crippen LogP contribution in [0.2, 0.25) is 5.02 Å². The van der Waals surface area contributed by atoms with Gasteiger partial charge >= 0.3 is 0 Å². The standard InChI is InChI=1S/C20H15ClN4O2/c21-13-7-12(11-22)8-14(9-13)24-4-5-25(18-10-17(18)24)20(26)15-1-3-23-16-2-6-27-19(15)16/h1-3,6-9,17-18H,4-5,10H2. The minimum atomic E-state index is -0.0201. The number of rotatable bonds is 2. The quantitative estimate of drug-likeness (QED) is 0.682. The molecule has 0 N–H and O–H groups in total. The molecule has 1 aliphatic carbocycles. The zero-order valence-corrected chi connectivity index (χ0v) is 15.1. The summed E-state index contributed by atoms with van der Waals surface area (Å²) < 4.78 is 5.47. The molecule has 1 amide bonds. The van der Waals surface area contributed by atoms with Gasteiger partial charge in [-0.25, -0.2) is 0 Å². The van der Waals surface area contributed by atoms with Gasteiger partial charge in [0.2, 0.25) is 0 Å². The van der Waals surface area contributed by atoms with Crippen LogP contribution in [0, 0.1) is 11.3 Å². The summed E-state index contributed by atoms with van der Waals surface area (Å²) in [5, 5.41) is 9.73. The smallest absolute Gasteiger partial charge is 0.258 e. The van der Waals surface area contributed by atoms with Crippen LogP contribution in [-0.2, 0) is 0 Å². The average Bonchev–Trinajstić information content (AvgIpc) is 3.33. The fourth-order valence-corrected chi connectivity index (χ4v) is 4.19. The summed E-state index contributed by atoms with van der Waals surface area (Å²) in [5.74, 6) is -0.0201. The molecule has 5 rings (SSSR count). The Morgan fingerprint density at radius 1 is 1.26 bits per heavy atom. The first-order valence-electron chi connectivity index (χ1n) is 8.76. The van der Waals surface area contributed by atoms with Gasteiger partial charge in [-0.15, -0.1) is 0 Å². The van der Waals surface area contributed by atoms with Crippen molar-refractivity contribution in [3.05, 3.63) is 58.9 Å². The van der Waals surface area contributed by atoms with Crippen molar-refractivity contribution in [1.29, 1.82) is 5.26 Å². The van der Waals surface area contributed by atoms with Crippen LogP contribution in [0.15, 0.2) is 47.2 Å². The number of hydrogen-bond donors (Lipinski definition) is 0. The van der Waals surface area contributed by atoms with Crippen molar-refractivity contribution in [2.24, 2.45) is 0 Å². The Morgan fingerprint density at radius 2 is 2.15 bits per heavy atom. The number of piperazine rings is 1. The molecular formula is C20H15ClN4O2. The number of furan rings is 1. The van der Waals surface area contributed by atoms with E-state index < -0.39 is 0 Å². The van der Waals surface area contributed by atoms with Gasteiger partial charge in [0, 0.05) is 36.1 Å². The van der Waals surface area contributed by atoms with Crippen molar-refractivity contribution in [2.75, 3.05) is 18.0 Å². The Balaban J connectivity index is 1.40. The summed E-state index contributed by atoms with van der Waals surface area (Å²) in [4.78, 5) is 21.5. The normalized spacial score (nSPS) is 21.0. The van der Waals surface area contributed by atoms with Crippen molar-refractivity contribution in [3.8, 4) is 6.07 Å². The maximum absolute atomic E-state index is 13.1. The van der Waals surface area contributed by atoms with E-state index in [1.54, 1.807) is 30.7 Å². The highest BCUT2D eigenvalue weighted by Crippen LogP contribution is 2.41. The van der Waals surface area contributed by atoms with E-state index >= 15 is 0 Å². The molecule has 3 aromatic rings. The number of hydrogen-bond acceptors (Lipinski definition) is 5. The van der Waals surface area contributed by atoms with Crippen LogP contribution in [0.3, 0.4) is 0 Å². The molecule has 0 radical (unpaired) electrons. The fourth-order valence-electron chi connectivity index (χ4n) is 3.96. The van der Waals surface area contributed by atoms with E-state index in [9.17, 15) is 10.1 Å². The Hall–Kier alpha value is -3.04. The van der Waals surface area contributed by atoms with E-state index in [1.807, 2.05) is 17.0 Å². The highest BCUT2D eigenvalue weighted by atomic mass is 35.5. The maximum Gasteiger partial charge on any atom is 0.258 e. The molecule has 0 spiro atoms. The van der Waals surface area contributed by atoms with Crippen LogP contribution in [0.5, 0.6) is 0 Å². The maximum atomic E-state index is 13.1. The number of aromatic nitrogens is 1. The number of pyridine rings is 1. The van der Waals surface area contributed by atoms with Gasteiger partial charge in [0.05, 0.1) is 35.5 Å². The number of benzene rings is 1. The third kappa shape index (κ3) is 2.63. The molecule has 0 bridgehead atoms. The van der Waals surface area contributed by atoms with Gasteiger partial charge in [0.15, 0.2) is 5.58 Å². The van der Waals surface area contributed by atoms with Crippen LogP contribution in [0.4, 0.5) is 5.69 Å². The topological polar surface area (TPSA) is 73.4 Å². The van der Waals surface area contributed by atoms with Gasteiger partial charge in [0.25, 0.3) is 5.91 Å².